The van der Waals surface area contributed by atoms with Crippen LogP contribution in [0.15, 0.2) is 42.5 Å². The van der Waals surface area contributed by atoms with E-state index in [1.54, 1.807) is 30.3 Å². The maximum atomic E-state index is 11.6. The van der Waals surface area contributed by atoms with Crippen molar-refractivity contribution < 1.29 is 24.5 Å². The number of hydrogen-bond acceptors (Lipinski definition) is 3. The number of aromatic carboxylic acids is 1. The summed E-state index contributed by atoms with van der Waals surface area (Å²) in [5.74, 6) is -1.36. The van der Waals surface area contributed by atoms with Gasteiger partial charge in [-0.05, 0) is 60.9 Å². The van der Waals surface area contributed by atoms with Crippen molar-refractivity contribution in [3.8, 4) is 5.75 Å². The molecular formula is C19H18O5. The third-order valence-corrected chi connectivity index (χ3v) is 3.48. The zero-order valence-corrected chi connectivity index (χ0v) is 13.4. The van der Waals surface area contributed by atoms with Gasteiger partial charge >= 0.3 is 11.9 Å². The summed E-state index contributed by atoms with van der Waals surface area (Å²) >= 11 is 0. The van der Waals surface area contributed by atoms with E-state index < -0.39 is 11.9 Å². The van der Waals surface area contributed by atoms with Gasteiger partial charge in [0.1, 0.15) is 5.75 Å². The molecule has 0 fully saturated rings. The summed E-state index contributed by atoms with van der Waals surface area (Å²) in [6.07, 6.45) is 1.52. The Labute approximate surface area is 139 Å². The summed E-state index contributed by atoms with van der Waals surface area (Å²) < 4.78 is 5.46. The van der Waals surface area contributed by atoms with Crippen LogP contribution < -0.4 is 4.74 Å². The van der Waals surface area contributed by atoms with Gasteiger partial charge < -0.3 is 14.9 Å². The number of hydrogen-bond donors (Lipinski definition) is 2. The summed E-state index contributed by atoms with van der Waals surface area (Å²) in [6.45, 7) is 4.28. The highest BCUT2D eigenvalue weighted by Crippen LogP contribution is 2.25. The maximum Gasteiger partial charge on any atom is 0.336 e. The normalized spacial score (nSPS) is 11.2. The summed E-state index contributed by atoms with van der Waals surface area (Å²) in [7, 11) is 0. The van der Waals surface area contributed by atoms with Gasteiger partial charge in [0.25, 0.3) is 0 Å². The van der Waals surface area contributed by atoms with Gasteiger partial charge in [-0.1, -0.05) is 18.2 Å². The highest BCUT2D eigenvalue weighted by Gasteiger charge is 2.12. The van der Waals surface area contributed by atoms with Gasteiger partial charge in [-0.25, -0.2) is 9.59 Å². The minimum Gasteiger partial charge on any atom is -0.494 e. The lowest BCUT2D eigenvalue weighted by Crippen LogP contribution is -2.01. The molecule has 0 unspecified atom stereocenters. The maximum absolute atomic E-state index is 11.6. The van der Waals surface area contributed by atoms with Crippen LogP contribution in [-0.4, -0.2) is 28.8 Å². The van der Waals surface area contributed by atoms with E-state index in [0.717, 1.165) is 11.3 Å². The average molecular weight is 326 g/mol. The molecule has 0 aromatic heterocycles. The molecule has 24 heavy (non-hydrogen) atoms. The molecule has 2 aromatic rings. The van der Waals surface area contributed by atoms with E-state index in [4.69, 9.17) is 9.84 Å². The highest BCUT2D eigenvalue weighted by molar-refractivity contribution is 6.20. The van der Waals surface area contributed by atoms with E-state index in [2.05, 4.69) is 0 Å². The molecule has 0 spiro atoms. The molecule has 0 aliphatic carbocycles. The standard InChI is InChI=1S/C19H18O5/c1-3-24-17-9-8-15(10-12(17)2)16(19(22)23)11-13-4-6-14(7-5-13)18(20)21/h4-11H,3H2,1-2H3,(H,20,21)(H,22,23)/b16-11-. The molecule has 2 aromatic carbocycles. The molecule has 0 heterocycles. The molecular weight excluding hydrogens is 308 g/mol. The second-order valence-electron chi connectivity index (χ2n) is 5.20. The van der Waals surface area contributed by atoms with Crippen LogP contribution in [0.25, 0.3) is 11.6 Å². The summed E-state index contributed by atoms with van der Waals surface area (Å²) in [5, 5.41) is 18.4. The van der Waals surface area contributed by atoms with E-state index in [1.165, 1.54) is 18.2 Å². The lowest BCUT2D eigenvalue weighted by atomic mass is 10.00. The Kier molecular flexibility index (Phi) is 5.37. The molecule has 0 aliphatic rings. The molecule has 5 heteroatoms. The average Bonchev–Trinajstić information content (AvgIpc) is 2.55. The van der Waals surface area contributed by atoms with Crippen LogP contribution in [0.1, 0.15) is 34.0 Å². The Morgan fingerprint density at radius 3 is 2.17 bits per heavy atom. The van der Waals surface area contributed by atoms with Crippen molar-refractivity contribution in [1.29, 1.82) is 0 Å². The molecule has 0 aliphatic heterocycles. The minimum atomic E-state index is -1.05. The van der Waals surface area contributed by atoms with E-state index >= 15 is 0 Å². The van der Waals surface area contributed by atoms with Crippen LogP contribution in [0.5, 0.6) is 5.75 Å². The van der Waals surface area contributed by atoms with Crippen molar-refractivity contribution in [3.63, 3.8) is 0 Å². The van der Waals surface area contributed by atoms with Gasteiger partial charge in [0.2, 0.25) is 0 Å². The molecule has 0 saturated carbocycles. The molecule has 0 atom stereocenters. The summed E-state index contributed by atoms with van der Waals surface area (Å²) in [4.78, 5) is 22.5. The first-order valence-corrected chi connectivity index (χ1v) is 7.44. The van der Waals surface area contributed by atoms with Crippen molar-refractivity contribution in [2.24, 2.45) is 0 Å². The summed E-state index contributed by atoms with van der Waals surface area (Å²) in [6, 6.07) is 11.2. The zero-order chi connectivity index (χ0) is 17.7. The van der Waals surface area contributed by atoms with E-state index in [9.17, 15) is 14.7 Å². The molecule has 0 radical (unpaired) electrons. The van der Waals surface area contributed by atoms with Crippen molar-refractivity contribution in [3.05, 3.63) is 64.7 Å². The molecule has 2 N–H and O–H groups in total. The van der Waals surface area contributed by atoms with E-state index in [0.29, 0.717) is 17.7 Å². The predicted octanol–water partition coefficient (Wildman–Crippen LogP) is 3.72. The van der Waals surface area contributed by atoms with Gasteiger partial charge in [0, 0.05) is 0 Å². The SMILES string of the molecule is CCOc1ccc(/C(=C/c2ccc(C(=O)O)cc2)C(=O)O)cc1C. The number of benzene rings is 2. The lowest BCUT2D eigenvalue weighted by Gasteiger charge is -2.10. The smallest absolute Gasteiger partial charge is 0.336 e. The number of carbonyl (C=O) groups is 2. The Hall–Kier alpha value is -3.08. The van der Waals surface area contributed by atoms with Gasteiger partial charge in [-0.3, -0.25) is 0 Å². The molecule has 0 bridgehead atoms. The second kappa shape index (κ2) is 7.46. The third-order valence-electron chi connectivity index (χ3n) is 3.48. The van der Waals surface area contributed by atoms with Crippen LogP contribution in [0.4, 0.5) is 0 Å². The zero-order valence-electron chi connectivity index (χ0n) is 13.4. The van der Waals surface area contributed by atoms with Crippen molar-refractivity contribution >= 4 is 23.6 Å². The van der Waals surface area contributed by atoms with Gasteiger partial charge in [-0.15, -0.1) is 0 Å². The fourth-order valence-corrected chi connectivity index (χ4v) is 2.29. The number of ether oxygens (including phenoxy) is 1. The molecule has 2 rings (SSSR count). The Morgan fingerprint density at radius 1 is 1.04 bits per heavy atom. The van der Waals surface area contributed by atoms with Gasteiger partial charge in [0.15, 0.2) is 0 Å². The first-order valence-electron chi connectivity index (χ1n) is 7.44. The fraction of sp³-hybridized carbons (Fsp3) is 0.158. The number of aliphatic carboxylic acids is 1. The van der Waals surface area contributed by atoms with Gasteiger partial charge in [-0.2, -0.15) is 0 Å². The van der Waals surface area contributed by atoms with Crippen molar-refractivity contribution in [2.45, 2.75) is 13.8 Å². The molecule has 0 saturated heterocycles. The number of carboxylic acids is 2. The van der Waals surface area contributed by atoms with Gasteiger partial charge in [0.05, 0.1) is 17.7 Å². The number of aryl methyl sites for hydroxylation is 1. The third kappa shape index (κ3) is 4.01. The van der Waals surface area contributed by atoms with Crippen molar-refractivity contribution in [2.75, 3.05) is 6.61 Å². The molecule has 0 amide bonds. The first-order chi connectivity index (χ1) is 11.4. The van der Waals surface area contributed by atoms with Crippen LogP contribution in [0.3, 0.4) is 0 Å². The van der Waals surface area contributed by atoms with Crippen LogP contribution in [0.2, 0.25) is 0 Å². The number of carboxylic acid groups (broad SMARTS) is 2. The van der Waals surface area contributed by atoms with Crippen LogP contribution in [-0.2, 0) is 4.79 Å². The highest BCUT2D eigenvalue weighted by atomic mass is 16.5. The monoisotopic (exact) mass is 326 g/mol. The Morgan fingerprint density at radius 2 is 1.67 bits per heavy atom. The van der Waals surface area contributed by atoms with E-state index in [1.807, 2.05) is 13.8 Å². The summed E-state index contributed by atoms with van der Waals surface area (Å²) in [5.41, 5.74) is 2.31. The topological polar surface area (TPSA) is 83.8 Å². The van der Waals surface area contributed by atoms with Crippen LogP contribution in [0, 0.1) is 6.92 Å². The number of rotatable bonds is 6. The Balaban J connectivity index is 2.40. The van der Waals surface area contributed by atoms with E-state index in [-0.39, 0.29) is 11.1 Å². The van der Waals surface area contributed by atoms with Crippen molar-refractivity contribution in [1.82, 2.24) is 0 Å². The minimum absolute atomic E-state index is 0.129. The largest absolute Gasteiger partial charge is 0.494 e. The fourth-order valence-electron chi connectivity index (χ4n) is 2.29. The second-order valence-corrected chi connectivity index (χ2v) is 5.20. The van der Waals surface area contributed by atoms with Crippen LogP contribution >= 0.6 is 0 Å². The Bertz CT molecular complexity index is 788. The first kappa shape index (κ1) is 17.3. The predicted molar refractivity (Wildman–Crippen MR) is 91.3 cm³/mol. The quantitative estimate of drug-likeness (QED) is 0.624. The lowest BCUT2D eigenvalue weighted by molar-refractivity contribution is -0.130. The molecule has 124 valence electrons. The molecule has 5 nitrogen and oxygen atoms in total.